The van der Waals surface area contributed by atoms with Crippen LogP contribution in [0.1, 0.15) is 23.7 Å². The van der Waals surface area contributed by atoms with Gasteiger partial charge in [-0.1, -0.05) is 98.2 Å². The number of allylic oxidation sites excluding steroid dienone is 2. The van der Waals surface area contributed by atoms with Crippen LogP contribution in [0, 0.1) is 0 Å². The Bertz CT molecular complexity index is 1000. The lowest BCUT2D eigenvalue weighted by atomic mass is 10.0. The molecule has 6 atom stereocenters. The Morgan fingerprint density at radius 1 is 0.800 bits per heavy atom. The first-order valence-corrected chi connectivity index (χ1v) is 15.8. The Morgan fingerprint density at radius 2 is 1.29 bits per heavy atom. The van der Waals surface area contributed by atoms with E-state index in [0.717, 1.165) is 11.1 Å². The molecular formula is C28H33NO5Si. The van der Waals surface area contributed by atoms with E-state index in [0.29, 0.717) is 13.2 Å². The van der Waals surface area contributed by atoms with Crippen molar-refractivity contribution in [1.29, 1.82) is 0 Å². The molecule has 5 rings (SSSR count). The van der Waals surface area contributed by atoms with Gasteiger partial charge in [0.15, 0.2) is 12.6 Å². The van der Waals surface area contributed by atoms with E-state index in [9.17, 15) is 4.79 Å². The molecule has 7 heteroatoms. The van der Waals surface area contributed by atoms with Gasteiger partial charge in [0, 0.05) is 17.2 Å². The minimum atomic E-state index is -1.33. The number of benzene rings is 2. The predicted molar refractivity (Wildman–Crippen MR) is 136 cm³/mol. The minimum Gasteiger partial charge on any atom is -0.346 e. The number of hydrogen-bond acceptors (Lipinski definition) is 5. The summed E-state index contributed by atoms with van der Waals surface area (Å²) >= 11 is 0. The zero-order valence-electron chi connectivity index (χ0n) is 20.4. The van der Waals surface area contributed by atoms with Gasteiger partial charge in [0.25, 0.3) is 0 Å². The van der Waals surface area contributed by atoms with E-state index in [1.54, 1.807) is 6.08 Å². The summed E-state index contributed by atoms with van der Waals surface area (Å²) in [6, 6.07) is 19.3. The maximum Gasteiger partial charge on any atom is 0.247 e. The summed E-state index contributed by atoms with van der Waals surface area (Å²) in [6.45, 7) is 7.53. The second-order valence-electron chi connectivity index (χ2n) is 10.3. The highest BCUT2D eigenvalue weighted by atomic mass is 28.3. The molecule has 0 saturated carbocycles. The monoisotopic (exact) mass is 491 g/mol. The van der Waals surface area contributed by atoms with Gasteiger partial charge in [0.2, 0.25) is 5.91 Å². The van der Waals surface area contributed by atoms with Gasteiger partial charge in [-0.05, 0) is 0 Å². The number of nitrogens with zero attached hydrogens (tertiary/aromatic N) is 1. The Kier molecular flexibility index (Phi) is 7.04. The lowest BCUT2D eigenvalue weighted by Crippen LogP contribution is -2.49. The molecule has 6 nitrogen and oxygen atoms in total. The summed E-state index contributed by atoms with van der Waals surface area (Å²) in [5, 5.41) is 0. The van der Waals surface area contributed by atoms with Crippen LogP contribution in [0.5, 0.6) is 0 Å². The number of amides is 1. The average Bonchev–Trinajstić information content (AvgIpc) is 3.20. The maximum atomic E-state index is 13.4. The van der Waals surface area contributed by atoms with E-state index in [4.69, 9.17) is 18.9 Å². The van der Waals surface area contributed by atoms with Crippen molar-refractivity contribution in [2.45, 2.75) is 56.5 Å². The topological polar surface area (TPSA) is 57.2 Å². The van der Waals surface area contributed by atoms with E-state index in [2.05, 4.69) is 25.3 Å². The fourth-order valence-corrected chi connectivity index (χ4v) is 5.58. The second kappa shape index (κ2) is 10.2. The molecule has 3 aliphatic heterocycles. The predicted octanol–water partition coefficient (Wildman–Crippen LogP) is 4.78. The zero-order valence-corrected chi connectivity index (χ0v) is 21.4. The molecule has 0 spiro atoms. The van der Waals surface area contributed by atoms with Crippen LogP contribution in [-0.4, -0.2) is 56.4 Å². The fraction of sp³-hybridized carbons (Fsp3) is 0.393. The third-order valence-electron chi connectivity index (χ3n) is 6.54. The fourth-order valence-electron chi connectivity index (χ4n) is 4.89. The van der Waals surface area contributed by atoms with Gasteiger partial charge in [-0.2, -0.15) is 0 Å². The van der Waals surface area contributed by atoms with Crippen LogP contribution >= 0.6 is 0 Å². The maximum absolute atomic E-state index is 13.4. The molecule has 0 aliphatic carbocycles. The quantitative estimate of drug-likeness (QED) is 0.342. The zero-order chi connectivity index (χ0) is 24.4. The SMILES string of the molecule is C[Si](C)(C)/C=C/C=C/C(=O)N1[C@H]2CO[C@@H](c3ccccc3)O[C@H]2[C@@H]2O[C@H](c3ccccc3)OC[C@@H]21. The molecule has 0 aromatic heterocycles. The molecule has 35 heavy (non-hydrogen) atoms. The lowest BCUT2D eigenvalue weighted by Gasteiger charge is -2.37. The Morgan fingerprint density at radius 3 is 1.74 bits per heavy atom. The van der Waals surface area contributed by atoms with Gasteiger partial charge < -0.3 is 23.8 Å². The number of ether oxygens (including phenoxy) is 4. The normalized spacial score (nSPS) is 31.0. The van der Waals surface area contributed by atoms with Crippen LogP contribution in [0.25, 0.3) is 0 Å². The molecular weight excluding hydrogens is 458 g/mol. The molecule has 3 aliphatic rings. The Balaban J connectivity index is 1.39. The van der Waals surface area contributed by atoms with Gasteiger partial charge in [-0.15, -0.1) is 0 Å². The first-order chi connectivity index (χ1) is 16.9. The molecule has 0 unspecified atom stereocenters. The number of carbonyl (C=O) groups is 1. The van der Waals surface area contributed by atoms with Crippen molar-refractivity contribution in [2.24, 2.45) is 0 Å². The third-order valence-corrected chi connectivity index (χ3v) is 7.73. The summed E-state index contributed by atoms with van der Waals surface area (Å²) in [4.78, 5) is 15.2. The van der Waals surface area contributed by atoms with Crippen LogP contribution in [0.3, 0.4) is 0 Å². The standard InChI is InChI=1S/C28H33NO5Si/c1-35(2,3)17-11-10-16-24(30)29-22-18-31-27(20-12-6-4-7-13-20)33-25(22)26-23(29)19-32-28(34-26)21-14-8-5-9-15-21/h4-17,22-23,25-28H,18-19H2,1-3H3/b16-10+,17-11+/t22-,23-,25+,26+,27+,28+/m0/s1. The van der Waals surface area contributed by atoms with E-state index in [1.807, 2.05) is 77.7 Å². The molecule has 3 fully saturated rings. The molecule has 1 amide bonds. The van der Waals surface area contributed by atoms with E-state index < -0.39 is 20.7 Å². The van der Waals surface area contributed by atoms with Crippen LogP contribution in [0.2, 0.25) is 19.6 Å². The van der Waals surface area contributed by atoms with Gasteiger partial charge in [-0.25, -0.2) is 0 Å². The number of hydrogen-bond donors (Lipinski definition) is 0. The molecule has 0 bridgehead atoms. The summed E-state index contributed by atoms with van der Waals surface area (Å²) in [6.07, 6.45) is 3.82. The molecule has 0 radical (unpaired) electrons. The van der Waals surface area contributed by atoms with Crippen molar-refractivity contribution in [3.8, 4) is 0 Å². The molecule has 0 N–H and O–H groups in total. The highest BCUT2D eigenvalue weighted by Gasteiger charge is 2.57. The summed E-state index contributed by atoms with van der Waals surface area (Å²) in [7, 11) is -1.33. The van der Waals surface area contributed by atoms with Gasteiger partial charge in [-0.3, -0.25) is 4.79 Å². The highest BCUT2D eigenvalue weighted by molar-refractivity contribution is 6.81. The van der Waals surface area contributed by atoms with Crippen LogP contribution < -0.4 is 0 Å². The lowest BCUT2D eigenvalue weighted by molar-refractivity contribution is -0.278. The first kappa shape index (κ1) is 24.2. The Labute approximate surface area is 208 Å². The molecule has 3 heterocycles. The van der Waals surface area contributed by atoms with Crippen molar-refractivity contribution >= 4 is 14.0 Å². The molecule has 184 valence electrons. The number of likely N-dealkylation sites (tertiary alicyclic amines) is 1. The van der Waals surface area contributed by atoms with E-state index in [-0.39, 0.29) is 30.2 Å². The average molecular weight is 492 g/mol. The van der Waals surface area contributed by atoms with Crippen LogP contribution in [-0.2, 0) is 23.7 Å². The number of fused-ring (bicyclic) bond motifs is 3. The number of rotatable bonds is 5. The van der Waals surface area contributed by atoms with E-state index >= 15 is 0 Å². The summed E-state index contributed by atoms with van der Waals surface area (Å²) in [5.74, 6) is -0.0801. The van der Waals surface area contributed by atoms with Crippen molar-refractivity contribution in [2.75, 3.05) is 13.2 Å². The largest absolute Gasteiger partial charge is 0.346 e. The van der Waals surface area contributed by atoms with Crippen molar-refractivity contribution in [1.82, 2.24) is 4.90 Å². The van der Waals surface area contributed by atoms with Gasteiger partial charge in [0.05, 0.1) is 33.4 Å². The molecule has 2 aromatic carbocycles. The van der Waals surface area contributed by atoms with Gasteiger partial charge >= 0.3 is 0 Å². The second-order valence-corrected chi connectivity index (χ2v) is 15.4. The summed E-state index contributed by atoms with van der Waals surface area (Å²) < 4.78 is 25.1. The Hall–Kier alpha value is -2.55. The molecule has 3 saturated heterocycles. The van der Waals surface area contributed by atoms with E-state index in [1.165, 1.54) is 0 Å². The van der Waals surface area contributed by atoms with Crippen molar-refractivity contribution < 1.29 is 23.7 Å². The minimum absolute atomic E-state index is 0.0801. The van der Waals surface area contributed by atoms with Crippen LogP contribution in [0.4, 0.5) is 0 Å². The number of carbonyl (C=O) groups excluding carboxylic acids is 1. The van der Waals surface area contributed by atoms with Crippen LogP contribution in [0.15, 0.2) is 84.6 Å². The third kappa shape index (κ3) is 5.34. The summed E-state index contributed by atoms with van der Waals surface area (Å²) in [5.41, 5.74) is 4.12. The smallest absolute Gasteiger partial charge is 0.247 e. The van der Waals surface area contributed by atoms with Gasteiger partial charge in [0.1, 0.15) is 12.2 Å². The van der Waals surface area contributed by atoms with Crippen molar-refractivity contribution in [3.05, 3.63) is 95.7 Å². The highest BCUT2D eigenvalue weighted by Crippen LogP contribution is 2.42. The van der Waals surface area contributed by atoms with Crippen molar-refractivity contribution in [3.63, 3.8) is 0 Å². The molecule has 2 aromatic rings. The first-order valence-electron chi connectivity index (χ1n) is 12.2.